The van der Waals surface area contributed by atoms with E-state index < -0.39 is 6.04 Å². The first-order valence-corrected chi connectivity index (χ1v) is 11.6. The van der Waals surface area contributed by atoms with Gasteiger partial charge in [0, 0.05) is 38.6 Å². The second-order valence-electron chi connectivity index (χ2n) is 8.99. The predicted octanol–water partition coefficient (Wildman–Crippen LogP) is 2.81. The van der Waals surface area contributed by atoms with Crippen molar-refractivity contribution in [3.05, 3.63) is 47.8 Å². The van der Waals surface area contributed by atoms with Gasteiger partial charge in [-0.1, -0.05) is 32.1 Å². The van der Waals surface area contributed by atoms with Crippen LogP contribution in [-0.4, -0.2) is 47.0 Å². The highest BCUT2D eigenvalue weighted by Gasteiger charge is 2.27. The van der Waals surface area contributed by atoms with Crippen molar-refractivity contribution in [3.63, 3.8) is 0 Å². The Hall–Kier alpha value is -2.90. The lowest BCUT2D eigenvalue weighted by atomic mass is 9.84. The van der Waals surface area contributed by atoms with Crippen molar-refractivity contribution in [2.45, 2.75) is 51.0 Å². The zero-order chi connectivity index (χ0) is 22.5. The average Bonchev–Trinajstić information content (AvgIpc) is 3.40. The number of aryl methyl sites for hydroxylation is 1. The Labute approximate surface area is 188 Å². The molecule has 2 aliphatic rings. The fourth-order valence-corrected chi connectivity index (χ4v) is 4.86. The summed E-state index contributed by atoms with van der Waals surface area (Å²) >= 11 is 0. The number of carbonyl (C=O) groups is 2. The van der Waals surface area contributed by atoms with E-state index in [1.165, 1.54) is 25.3 Å². The van der Waals surface area contributed by atoms with Crippen molar-refractivity contribution < 1.29 is 14.0 Å². The van der Waals surface area contributed by atoms with E-state index in [1.54, 1.807) is 36.3 Å². The van der Waals surface area contributed by atoms with Crippen molar-refractivity contribution in [3.8, 4) is 0 Å². The Kier molecular flexibility index (Phi) is 7.07. The number of benzene rings is 1. The standard InChI is InChI=1S/C24H32FN5O2/c1-29-15-21(27-16-29)24(32)28-20(13-17-5-3-2-4-6-17)23(31)26-10-12-30-11-9-18-14-19(25)7-8-22(18)30/h7-8,14-17,20H,2-6,9-13H2,1H3,(H,26,31)(H,28,32)/t20-/m0/s1. The molecule has 0 bridgehead atoms. The van der Waals surface area contributed by atoms with Gasteiger partial charge in [0.15, 0.2) is 0 Å². The molecule has 1 aliphatic carbocycles. The number of carbonyl (C=O) groups excluding carboxylic acids is 2. The summed E-state index contributed by atoms with van der Waals surface area (Å²) in [6.07, 6.45) is 10.5. The summed E-state index contributed by atoms with van der Waals surface area (Å²) in [6.45, 7) is 1.93. The molecule has 32 heavy (non-hydrogen) atoms. The van der Waals surface area contributed by atoms with Crippen LogP contribution in [0.15, 0.2) is 30.7 Å². The van der Waals surface area contributed by atoms with Crippen molar-refractivity contribution in [2.75, 3.05) is 24.5 Å². The zero-order valence-electron chi connectivity index (χ0n) is 18.6. The summed E-state index contributed by atoms with van der Waals surface area (Å²) in [5.74, 6) is -0.243. The molecule has 2 N–H and O–H groups in total. The van der Waals surface area contributed by atoms with Crippen LogP contribution < -0.4 is 15.5 Å². The lowest BCUT2D eigenvalue weighted by Gasteiger charge is -2.27. The minimum atomic E-state index is -0.576. The van der Waals surface area contributed by atoms with Crippen LogP contribution in [0.4, 0.5) is 10.1 Å². The summed E-state index contributed by atoms with van der Waals surface area (Å²) in [5, 5.41) is 5.92. The highest BCUT2D eigenvalue weighted by molar-refractivity contribution is 5.96. The van der Waals surface area contributed by atoms with Crippen molar-refractivity contribution in [2.24, 2.45) is 13.0 Å². The number of hydrogen-bond donors (Lipinski definition) is 2. The summed E-state index contributed by atoms with van der Waals surface area (Å²) < 4.78 is 15.2. The second kappa shape index (κ2) is 10.1. The Balaban J connectivity index is 1.34. The quantitative estimate of drug-likeness (QED) is 0.660. The van der Waals surface area contributed by atoms with Crippen LogP contribution in [0.5, 0.6) is 0 Å². The minimum Gasteiger partial charge on any atom is -0.369 e. The lowest BCUT2D eigenvalue weighted by Crippen LogP contribution is -2.49. The highest BCUT2D eigenvalue weighted by Crippen LogP contribution is 2.29. The molecule has 2 amide bonds. The number of hydrogen-bond acceptors (Lipinski definition) is 4. The molecule has 0 radical (unpaired) electrons. The molecule has 1 aromatic carbocycles. The topological polar surface area (TPSA) is 79.3 Å². The van der Waals surface area contributed by atoms with E-state index in [4.69, 9.17) is 0 Å². The van der Waals surface area contributed by atoms with Crippen molar-refractivity contribution >= 4 is 17.5 Å². The number of nitrogens with one attached hydrogen (secondary N) is 2. The third kappa shape index (κ3) is 5.47. The Morgan fingerprint density at radius 1 is 1.25 bits per heavy atom. The van der Waals surface area contributed by atoms with E-state index in [2.05, 4.69) is 20.5 Å². The molecule has 4 rings (SSSR count). The third-order valence-electron chi connectivity index (χ3n) is 6.57. The van der Waals surface area contributed by atoms with Gasteiger partial charge in [0.2, 0.25) is 5.91 Å². The van der Waals surface area contributed by atoms with Gasteiger partial charge in [0.25, 0.3) is 5.91 Å². The molecule has 1 fully saturated rings. The van der Waals surface area contributed by atoms with Gasteiger partial charge in [-0.05, 0) is 42.5 Å². The number of halogens is 1. The van der Waals surface area contributed by atoms with Gasteiger partial charge in [0.1, 0.15) is 17.6 Å². The van der Waals surface area contributed by atoms with Crippen LogP contribution in [0.1, 0.15) is 54.6 Å². The fourth-order valence-electron chi connectivity index (χ4n) is 4.86. The van der Waals surface area contributed by atoms with E-state index in [1.807, 2.05) is 0 Å². The molecule has 2 aromatic rings. The zero-order valence-corrected chi connectivity index (χ0v) is 18.6. The summed E-state index contributed by atoms with van der Waals surface area (Å²) in [4.78, 5) is 32.0. The van der Waals surface area contributed by atoms with E-state index in [9.17, 15) is 14.0 Å². The first-order chi connectivity index (χ1) is 15.5. The van der Waals surface area contributed by atoms with E-state index in [0.29, 0.717) is 31.1 Å². The molecule has 2 heterocycles. The Bertz CT molecular complexity index is 954. The molecule has 1 aromatic heterocycles. The Morgan fingerprint density at radius 2 is 2.06 bits per heavy atom. The fraction of sp³-hybridized carbons (Fsp3) is 0.542. The number of anilines is 1. The SMILES string of the molecule is Cn1cnc(C(=O)N[C@@H](CC2CCCCC2)C(=O)NCCN2CCc3cc(F)ccc32)c1. The van der Waals surface area contributed by atoms with Crippen LogP contribution in [-0.2, 0) is 18.3 Å². The lowest BCUT2D eigenvalue weighted by molar-refractivity contribution is -0.123. The van der Waals surface area contributed by atoms with Crippen LogP contribution in [0, 0.1) is 11.7 Å². The molecule has 0 saturated heterocycles. The van der Waals surface area contributed by atoms with Gasteiger partial charge in [0.05, 0.1) is 6.33 Å². The Morgan fingerprint density at radius 3 is 2.81 bits per heavy atom. The van der Waals surface area contributed by atoms with E-state index in [-0.39, 0.29) is 17.6 Å². The first-order valence-electron chi connectivity index (χ1n) is 11.6. The molecular weight excluding hydrogens is 409 g/mol. The van der Waals surface area contributed by atoms with Crippen LogP contribution >= 0.6 is 0 Å². The van der Waals surface area contributed by atoms with Gasteiger partial charge >= 0.3 is 0 Å². The number of amides is 2. The maximum atomic E-state index is 13.4. The van der Waals surface area contributed by atoms with Gasteiger partial charge in [-0.3, -0.25) is 9.59 Å². The highest BCUT2D eigenvalue weighted by atomic mass is 19.1. The summed E-state index contributed by atoms with van der Waals surface area (Å²) in [6, 6.07) is 4.29. The second-order valence-corrected chi connectivity index (χ2v) is 8.99. The van der Waals surface area contributed by atoms with E-state index in [0.717, 1.165) is 37.1 Å². The number of imidazole rings is 1. The van der Waals surface area contributed by atoms with E-state index >= 15 is 0 Å². The van der Waals surface area contributed by atoms with Gasteiger partial charge in [-0.25, -0.2) is 9.37 Å². The molecular formula is C24H32FN5O2. The molecule has 172 valence electrons. The molecule has 1 aliphatic heterocycles. The molecule has 8 heteroatoms. The minimum absolute atomic E-state index is 0.154. The molecule has 1 atom stereocenters. The average molecular weight is 442 g/mol. The predicted molar refractivity (Wildman–Crippen MR) is 121 cm³/mol. The molecule has 7 nitrogen and oxygen atoms in total. The van der Waals surface area contributed by atoms with Gasteiger partial charge in [-0.15, -0.1) is 0 Å². The van der Waals surface area contributed by atoms with Crippen LogP contribution in [0.2, 0.25) is 0 Å². The van der Waals surface area contributed by atoms with Crippen LogP contribution in [0.3, 0.4) is 0 Å². The van der Waals surface area contributed by atoms with Crippen molar-refractivity contribution in [1.82, 2.24) is 20.2 Å². The maximum Gasteiger partial charge on any atom is 0.272 e. The summed E-state index contributed by atoms with van der Waals surface area (Å²) in [5.41, 5.74) is 2.35. The maximum absolute atomic E-state index is 13.4. The molecule has 1 saturated carbocycles. The third-order valence-corrected chi connectivity index (χ3v) is 6.57. The van der Waals surface area contributed by atoms with Crippen LogP contribution in [0.25, 0.3) is 0 Å². The monoisotopic (exact) mass is 441 g/mol. The van der Waals surface area contributed by atoms with Gasteiger partial charge < -0.3 is 20.1 Å². The van der Waals surface area contributed by atoms with Crippen molar-refractivity contribution in [1.29, 1.82) is 0 Å². The largest absolute Gasteiger partial charge is 0.369 e. The first kappa shape index (κ1) is 22.3. The smallest absolute Gasteiger partial charge is 0.272 e. The number of aromatic nitrogens is 2. The molecule has 0 spiro atoms. The number of fused-ring (bicyclic) bond motifs is 1. The number of rotatable bonds is 8. The number of nitrogens with zero attached hydrogens (tertiary/aromatic N) is 3. The summed E-state index contributed by atoms with van der Waals surface area (Å²) in [7, 11) is 1.81. The van der Waals surface area contributed by atoms with Gasteiger partial charge in [-0.2, -0.15) is 0 Å². The normalized spacial score (nSPS) is 17.1. The molecule has 0 unspecified atom stereocenters.